The number of aromatic nitrogens is 2. The van der Waals surface area contributed by atoms with Gasteiger partial charge in [-0.25, -0.2) is 0 Å². The molecule has 1 heterocycles. The lowest BCUT2D eigenvalue weighted by Gasteiger charge is -2.06. The number of hydrogen-bond acceptors (Lipinski definition) is 3. The Morgan fingerprint density at radius 3 is 2.62 bits per heavy atom. The van der Waals surface area contributed by atoms with Crippen molar-refractivity contribution in [3.8, 4) is 0 Å². The molecule has 0 unspecified atom stereocenters. The number of nitrogens with zero attached hydrogens (tertiary/aromatic N) is 2. The standard InChI is InChI=1S/C16H21N3OS/c1-12-15(13(2)19(3)18-12)16(20)17-10-7-11-21-14-8-5-4-6-9-14/h4-6,8-9H,7,10-11H2,1-3H3,(H,17,20). The zero-order chi connectivity index (χ0) is 15.2. The molecule has 5 heteroatoms. The maximum absolute atomic E-state index is 12.2. The summed E-state index contributed by atoms with van der Waals surface area (Å²) in [5, 5.41) is 7.24. The first-order chi connectivity index (χ1) is 10.1. The molecule has 0 radical (unpaired) electrons. The van der Waals surface area contributed by atoms with E-state index in [1.54, 1.807) is 4.68 Å². The number of benzene rings is 1. The summed E-state index contributed by atoms with van der Waals surface area (Å²) in [4.78, 5) is 13.4. The Balaban J connectivity index is 1.75. The van der Waals surface area contributed by atoms with E-state index in [0.717, 1.165) is 23.6 Å². The van der Waals surface area contributed by atoms with Crippen molar-refractivity contribution in [2.75, 3.05) is 12.3 Å². The molecule has 0 saturated heterocycles. The third-order valence-corrected chi connectivity index (χ3v) is 4.45. The monoisotopic (exact) mass is 303 g/mol. The van der Waals surface area contributed by atoms with Crippen LogP contribution in [-0.4, -0.2) is 28.0 Å². The molecular formula is C16H21N3OS. The van der Waals surface area contributed by atoms with Gasteiger partial charge in [-0.05, 0) is 38.2 Å². The Bertz CT molecular complexity index is 607. The first-order valence-corrected chi connectivity index (χ1v) is 8.04. The largest absolute Gasteiger partial charge is 0.352 e. The van der Waals surface area contributed by atoms with E-state index in [0.29, 0.717) is 12.1 Å². The minimum Gasteiger partial charge on any atom is -0.352 e. The molecule has 1 aromatic heterocycles. The number of thioether (sulfide) groups is 1. The molecule has 112 valence electrons. The first-order valence-electron chi connectivity index (χ1n) is 7.06. The van der Waals surface area contributed by atoms with Gasteiger partial charge < -0.3 is 5.32 Å². The first kappa shape index (κ1) is 15.6. The van der Waals surface area contributed by atoms with Gasteiger partial charge in [-0.1, -0.05) is 18.2 Å². The van der Waals surface area contributed by atoms with Crippen LogP contribution in [0.1, 0.15) is 28.2 Å². The third-order valence-electron chi connectivity index (χ3n) is 3.35. The van der Waals surface area contributed by atoms with Crippen molar-refractivity contribution in [3.63, 3.8) is 0 Å². The number of rotatable bonds is 6. The third kappa shape index (κ3) is 4.11. The van der Waals surface area contributed by atoms with Crippen molar-refractivity contribution in [2.24, 2.45) is 7.05 Å². The fourth-order valence-electron chi connectivity index (χ4n) is 2.17. The molecule has 0 saturated carbocycles. The van der Waals surface area contributed by atoms with Crippen LogP contribution >= 0.6 is 11.8 Å². The second-order valence-electron chi connectivity index (χ2n) is 4.94. The van der Waals surface area contributed by atoms with Gasteiger partial charge in [-0.2, -0.15) is 5.10 Å². The highest BCUT2D eigenvalue weighted by molar-refractivity contribution is 7.99. The molecule has 0 aliphatic heterocycles. The lowest BCUT2D eigenvalue weighted by atomic mass is 10.2. The van der Waals surface area contributed by atoms with Crippen LogP contribution in [0.25, 0.3) is 0 Å². The summed E-state index contributed by atoms with van der Waals surface area (Å²) in [5.41, 5.74) is 2.39. The molecule has 0 aliphatic rings. The maximum Gasteiger partial charge on any atom is 0.255 e. The van der Waals surface area contributed by atoms with Crippen molar-refractivity contribution in [2.45, 2.75) is 25.2 Å². The molecular weight excluding hydrogens is 282 g/mol. The van der Waals surface area contributed by atoms with E-state index in [-0.39, 0.29) is 5.91 Å². The Morgan fingerprint density at radius 2 is 2.00 bits per heavy atom. The number of carbonyl (C=O) groups is 1. The molecule has 2 rings (SSSR count). The van der Waals surface area contributed by atoms with Crippen LogP contribution < -0.4 is 5.32 Å². The van der Waals surface area contributed by atoms with Crippen molar-refractivity contribution >= 4 is 17.7 Å². The highest BCUT2D eigenvalue weighted by Gasteiger charge is 2.16. The van der Waals surface area contributed by atoms with Gasteiger partial charge in [0.05, 0.1) is 11.3 Å². The van der Waals surface area contributed by atoms with Crippen molar-refractivity contribution < 1.29 is 4.79 Å². The van der Waals surface area contributed by atoms with Crippen LogP contribution in [0.2, 0.25) is 0 Å². The summed E-state index contributed by atoms with van der Waals surface area (Å²) >= 11 is 1.81. The summed E-state index contributed by atoms with van der Waals surface area (Å²) in [6.45, 7) is 4.47. The maximum atomic E-state index is 12.2. The average Bonchev–Trinajstić information content (AvgIpc) is 2.73. The zero-order valence-corrected chi connectivity index (χ0v) is 13.5. The van der Waals surface area contributed by atoms with Crippen LogP contribution in [0.3, 0.4) is 0 Å². The van der Waals surface area contributed by atoms with E-state index in [1.165, 1.54) is 4.90 Å². The van der Waals surface area contributed by atoms with Gasteiger partial charge in [0.25, 0.3) is 5.91 Å². The van der Waals surface area contributed by atoms with E-state index in [4.69, 9.17) is 0 Å². The molecule has 0 aliphatic carbocycles. The predicted molar refractivity (Wildman–Crippen MR) is 86.8 cm³/mol. The molecule has 0 spiro atoms. The van der Waals surface area contributed by atoms with E-state index >= 15 is 0 Å². The van der Waals surface area contributed by atoms with Gasteiger partial charge in [0, 0.05) is 24.2 Å². The van der Waals surface area contributed by atoms with Gasteiger partial charge in [0.1, 0.15) is 0 Å². The summed E-state index contributed by atoms with van der Waals surface area (Å²) in [6, 6.07) is 10.3. The van der Waals surface area contributed by atoms with E-state index in [1.807, 2.05) is 50.9 Å². The lowest BCUT2D eigenvalue weighted by molar-refractivity contribution is 0.0952. The van der Waals surface area contributed by atoms with Crippen LogP contribution in [0.5, 0.6) is 0 Å². The van der Waals surface area contributed by atoms with Crippen molar-refractivity contribution in [3.05, 3.63) is 47.3 Å². The number of carbonyl (C=O) groups excluding carboxylic acids is 1. The topological polar surface area (TPSA) is 46.9 Å². The molecule has 2 aromatic rings. The van der Waals surface area contributed by atoms with Gasteiger partial charge >= 0.3 is 0 Å². The number of aryl methyl sites for hydroxylation is 2. The highest BCUT2D eigenvalue weighted by Crippen LogP contribution is 2.17. The van der Waals surface area contributed by atoms with Gasteiger partial charge in [0.2, 0.25) is 0 Å². The Labute approximate surface area is 129 Å². The average molecular weight is 303 g/mol. The Morgan fingerprint density at radius 1 is 1.29 bits per heavy atom. The summed E-state index contributed by atoms with van der Waals surface area (Å²) in [6.07, 6.45) is 0.948. The molecule has 4 nitrogen and oxygen atoms in total. The molecule has 1 amide bonds. The Kier molecular flexibility index (Phi) is 5.44. The number of nitrogens with one attached hydrogen (secondary N) is 1. The zero-order valence-electron chi connectivity index (χ0n) is 12.7. The lowest BCUT2D eigenvalue weighted by Crippen LogP contribution is -2.25. The van der Waals surface area contributed by atoms with Gasteiger partial charge in [-0.15, -0.1) is 11.8 Å². The molecule has 21 heavy (non-hydrogen) atoms. The fraction of sp³-hybridized carbons (Fsp3) is 0.375. The van der Waals surface area contributed by atoms with Gasteiger partial charge in [-0.3, -0.25) is 9.48 Å². The summed E-state index contributed by atoms with van der Waals surface area (Å²) in [5.74, 6) is 0.970. The minimum absolute atomic E-state index is 0.0252. The Hall–Kier alpha value is -1.75. The number of hydrogen-bond donors (Lipinski definition) is 1. The minimum atomic E-state index is -0.0252. The van der Waals surface area contributed by atoms with Gasteiger partial charge in [0.15, 0.2) is 0 Å². The molecule has 0 fully saturated rings. The normalized spacial score (nSPS) is 10.6. The SMILES string of the molecule is Cc1nn(C)c(C)c1C(=O)NCCCSc1ccccc1. The van der Waals surface area contributed by atoms with Crippen molar-refractivity contribution in [1.82, 2.24) is 15.1 Å². The molecule has 0 bridgehead atoms. The molecule has 0 atom stereocenters. The molecule has 1 aromatic carbocycles. The summed E-state index contributed by atoms with van der Waals surface area (Å²) in [7, 11) is 1.86. The van der Waals surface area contributed by atoms with E-state index < -0.39 is 0 Å². The van der Waals surface area contributed by atoms with E-state index in [2.05, 4.69) is 22.5 Å². The van der Waals surface area contributed by atoms with Crippen LogP contribution in [0.15, 0.2) is 35.2 Å². The highest BCUT2D eigenvalue weighted by atomic mass is 32.2. The smallest absolute Gasteiger partial charge is 0.255 e. The van der Waals surface area contributed by atoms with Crippen LogP contribution in [0, 0.1) is 13.8 Å². The van der Waals surface area contributed by atoms with Crippen LogP contribution in [-0.2, 0) is 7.05 Å². The predicted octanol–water partition coefficient (Wildman–Crippen LogP) is 2.95. The molecule has 1 N–H and O–H groups in total. The van der Waals surface area contributed by atoms with Crippen LogP contribution in [0.4, 0.5) is 0 Å². The number of amides is 1. The quantitative estimate of drug-likeness (QED) is 0.659. The second-order valence-corrected chi connectivity index (χ2v) is 6.11. The van der Waals surface area contributed by atoms with Crippen molar-refractivity contribution in [1.29, 1.82) is 0 Å². The summed E-state index contributed by atoms with van der Waals surface area (Å²) < 4.78 is 1.75. The van der Waals surface area contributed by atoms with E-state index in [9.17, 15) is 4.79 Å². The fourth-order valence-corrected chi connectivity index (χ4v) is 3.05. The second kappa shape index (κ2) is 7.31.